The second kappa shape index (κ2) is 4.43. The van der Waals surface area contributed by atoms with Crippen LogP contribution >= 0.6 is 22.6 Å². The Morgan fingerprint density at radius 2 is 2.27 bits per heavy atom. The van der Waals surface area contributed by atoms with E-state index in [1.807, 2.05) is 0 Å². The molecule has 0 unspecified atom stereocenters. The first-order valence-corrected chi connectivity index (χ1v) is 4.79. The lowest BCUT2D eigenvalue weighted by Gasteiger charge is -2.07. The largest absolute Gasteiger partial charge is 0.503 e. The van der Waals surface area contributed by atoms with Gasteiger partial charge in [-0.15, -0.1) is 0 Å². The smallest absolute Gasteiger partial charge is 0.325 e. The number of ether oxygens (including phenoxy) is 1. The lowest BCUT2D eigenvalue weighted by Crippen LogP contribution is -2.00. The van der Waals surface area contributed by atoms with E-state index in [0.29, 0.717) is 9.86 Å². The Labute approximate surface area is 98.1 Å². The Morgan fingerprint density at radius 1 is 1.67 bits per heavy atom. The Balaban J connectivity index is 3.64. The van der Waals surface area contributed by atoms with Gasteiger partial charge in [0.15, 0.2) is 12.0 Å². The fraction of sp³-hybridized carbons (Fsp3) is 0.125. The van der Waals surface area contributed by atoms with Gasteiger partial charge in [0.2, 0.25) is 5.75 Å². The molecule has 0 saturated carbocycles. The van der Waals surface area contributed by atoms with E-state index in [1.165, 1.54) is 13.2 Å². The Morgan fingerprint density at radius 3 is 2.67 bits per heavy atom. The number of aromatic hydroxyl groups is 1. The normalized spacial score (nSPS) is 9.73. The molecule has 0 amide bonds. The number of rotatable bonds is 3. The second-order valence-electron chi connectivity index (χ2n) is 2.55. The third-order valence-electron chi connectivity index (χ3n) is 1.73. The minimum Gasteiger partial charge on any atom is -0.503 e. The van der Waals surface area contributed by atoms with Crippen LogP contribution < -0.4 is 4.74 Å². The number of halogens is 1. The summed E-state index contributed by atoms with van der Waals surface area (Å²) >= 11 is 1.75. The molecule has 0 heterocycles. The van der Waals surface area contributed by atoms with Crippen molar-refractivity contribution in [3.05, 3.63) is 25.3 Å². The number of nitro groups is 1. The van der Waals surface area contributed by atoms with Gasteiger partial charge in [0.1, 0.15) is 0 Å². The Hall–Kier alpha value is -1.38. The molecule has 80 valence electrons. The molecular weight excluding hydrogens is 317 g/mol. The molecule has 0 fully saturated rings. The maximum absolute atomic E-state index is 10.7. The van der Waals surface area contributed by atoms with Gasteiger partial charge in [0.05, 0.1) is 21.2 Å². The number of hydrogen-bond donors (Lipinski definition) is 1. The van der Waals surface area contributed by atoms with Crippen LogP contribution in [0, 0.1) is 13.7 Å². The van der Waals surface area contributed by atoms with Crippen LogP contribution in [0.25, 0.3) is 0 Å². The van der Waals surface area contributed by atoms with E-state index in [0.717, 1.165) is 0 Å². The number of phenols is 1. The first-order chi connectivity index (χ1) is 7.02. The lowest BCUT2D eigenvalue weighted by molar-refractivity contribution is -0.386. The first-order valence-electron chi connectivity index (χ1n) is 3.72. The molecule has 1 aromatic carbocycles. The SMILES string of the molecule is COc1c(O)c(I)cc(C=O)c1[N+](=O)[O-]. The molecule has 0 bridgehead atoms. The summed E-state index contributed by atoms with van der Waals surface area (Å²) in [6.07, 6.45) is 0.349. The van der Waals surface area contributed by atoms with Crippen LogP contribution in [0.2, 0.25) is 0 Å². The van der Waals surface area contributed by atoms with Gasteiger partial charge >= 0.3 is 5.69 Å². The predicted octanol–water partition coefficient (Wildman–Crippen LogP) is 1.73. The number of hydrogen-bond acceptors (Lipinski definition) is 5. The summed E-state index contributed by atoms with van der Waals surface area (Å²) in [5.74, 6) is -0.635. The summed E-state index contributed by atoms with van der Waals surface area (Å²) in [5.41, 5.74) is -0.649. The quantitative estimate of drug-likeness (QED) is 0.396. The predicted molar refractivity (Wildman–Crippen MR) is 59.4 cm³/mol. The van der Waals surface area contributed by atoms with Crippen molar-refractivity contribution in [1.29, 1.82) is 0 Å². The lowest BCUT2D eigenvalue weighted by atomic mass is 10.1. The van der Waals surface area contributed by atoms with E-state index >= 15 is 0 Å². The van der Waals surface area contributed by atoms with Gasteiger partial charge in [0.25, 0.3) is 0 Å². The van der Waals surface area contributed by atoms with Crippen molar-refractivity contribution >= 4 is 34.6 Å². The molecule has 7 heteroatoms. The van der Waals surface area contributed by atoms with Crippen LogP contribution in [0.4, 0.5) is 5.69 Å². The average molecular weight is 323 g/mol. The van der Waals surface area contributed by atoms with E-state index in [9.17, 15) is 20.0 Å². The fourth-order valence-corrected chi connectivity index (χ4v) is 1.68. The van der Waals surface area contributed by atoms with Crippen molar-refractivity contribution in [2.45, 2.75) is 0 Å². The molecule has 15 heavy (non-hydrogen) atoms. The summed E-state index contributed by atoms with van der Waals surface area (Å²) < 4.78 is 5.02. The Bertz CT molecular complexity index is 432. The molecule has 1 rings (SSSR count). The maximum Gasteiger partial charge on any atom is 0.325 e. The van der Waals surface area contributed by atoms with Crippen LogP contribution in [-0.4, -0.2) is 23.4 Å². The number of nitrogens with zero attached hydrogens (tertiary/aromatic N) is 1. The minimum atomic E-state index is -0.766. The third-order valence-corrected chi connectivity index (χ3v) is 2.55. The molecule has 0 atom stereocenters. The van der Waals surface area contributed by atoms with Crippen molar-refractivity contribution in [1.82, 2.24) is 0 Å². The van der Waals surface area contributed by atoms with Crippen molar-refractivity contribution in [3.8, 4) is 11.5 Å². The van der Waals surface area contributed by atoms with E-state index in [-0.39, 0.29) is 17.1 Å². The van der Waals surface area contributed by atoms with Crippen LogP contribution in [0.1, 0.15) is 10.4 Å². The summed E-state index contributed by atoms with van der Waals surface area (Å²) in [5, 5.41) is 20.2. The monoisotopic (exact) mass is 323 g/mol. The average Bonchev–Trinajstić information content (AvgIpc) is 2.20. The molecule has 1 aromatic rings. The molecule has 0 aliphatic heterocycles. The molecule has 6 nitrogen and oxygen atoms in total. The van der Waals surface area contributed by atoms with E-state index in [1.54, 1.807) is 22.6 Å². The van der Waals surface area contributed by atoms with Crippen LogP contribution in [-0.2, 0) is 0 Å². The van der Waals surface area contributed by atoms with Gasteiger partial charge < -0.3 is 9.84 Å². The number of benzene rings is 1. The number of nitro benzene ring substituents is 1. The molecular formula is C8H6INO5. The van der Waals surface area contributed by atoms with Gasteiger partial charge in [-0.25, -0.2) is 0 Å². The van der Waals surface area contributed by atoms with Crippen molar-refractivity contribution in [3.63, 3.8) is 0 Å². The summed E-state index contributed by atoms with van der Waals surface area (Å²) in [7, 11) is 1.19. The van der Waals surface area contributed by atoms with Crippen LogP contribution in [0.5, 0.6) is 11.5 Å². The first kappa shape index (κ1) is 11.7. The zero-order chi connectivity index (χ0) is 11.6. The molecule has 0 saturated heterocycles. The van der Waals surface area contributed by atoms with Crippen LogP contribution in [0.3, 0.4) is 0 Å². The number of carbonyl (C=O) groups is 1. The van der Waals surface area contributed by atoms with Gasteiger partial charge in [-0.05, 0) is 28.7 Å². The van der Waals surface area contributed by atoms with Crippen molar-refractivity contribution < 1.29 is 19.6 Å². The van der Waals surface area contributed by atoms with Crippen LogP contribution in [0.15, 0.2) is 6.07 Å². The highest BCUT2D eigenvalue weighted by atomic mass is 127. The van der Waals surface area contributed by atoms with Gasteiger partial charge in [0, 0.05) is 0 Å². The zero-order valence-electron chi connectivity index (χ0n) is 7.56. The summed E-state index contributed by atoms with van der Waals surface area (Å²) in [6.45, 7) is 0. The number of carbonyl (C=O) groups excluding carboxylic acids is 1. The van der Waals surface area contributed by atoms with E-state index in [2.05, 4.69) is 0 Å². The molecule has 0 aliphatic carbocycles. The van der Waals surface area contributed by atoms with Gasteiger partial charge in [-0.2, -0.15) is 0 Å². The number of phenolic OH excluding ortho intramolecular Hbond substituents is 1. The minimum absolute atomic E-state index is 0.126. The zero-order valence-corrected chi connectivity index (χ0v) is 9.72. The highest BCUT2D eigenvalue weighted by Crippen LogP contribution is 2.41. The topological polar surface area (TPSA) is 89.7 Å². The highest BCUT2D eigenvalue weighted by molar-refractivity contribution is 14.1. The molecule has 0 aliphatic rings. The maximum atomic E-state index is 10.7. The third kappa shape index (κ3) is 2.01. The van der Waals surface area contributed by atoms with Crippen molar-refractivity contribution in [2.75, 3.05) is 7.11 Å². The molecule has 0 spiro atoms. The van der Waals surface area contributed by atoms with Gasteiger partial charge in [-0.1, -0.05) is 0 Å². The molecule has 0 radical (unpaired) electrons. The van der Waals surface area contributed by atoms with Gasteiger partial charge in [-0.3, -0.25) is 14.9 Å². The number of methoxy groups -OCH3 is 1. The van der Waals surface area contributed by atoms with E-state index in [4.69, 9.17) is 4.74 Å². The summed E-state index contributed by atoms with van der Waals surface area (Å²) in [6, 6.07) is 1.23. The highest BCUT2D eigenvalue weighted by Gasteiger charge is 2.26. The molecule has 0 aromatic heterocycles. The fourth-order valence-electron chi connectivity index (χ4n) is 1.10. The number of aldehydes is 1. The van der Waals surface area contributed by atoms with Crippen molar-refractivity contribution in [2.24, 2.45) is 0 Å². The standard InChI is InChI=1S/C8H6INO5/c1-15-8-6(10(13)14)4(3-11)2-5(9)7(8)12/h2-3,12H,1H3. The summed E-state index contributed by atoms with van der Waals surface area (Å²) in [4.78, 5) is 20.5. The van der Waals surface area contributed by atoms with E-state index < -0.39 is 10.6 Å². The molecule has 1 N–H and O–H groups in total. The second-order valence-corrected chi connectivity index (χ2v) is 3.72. The Kier molecular flexibility index (Phi) is 3.45.